The van der Waals surface area contributed by atoms with E-state index in [9.17, 15) is 14.0 Å². The molecule has 0 amide bonds. The van der Waals surface area contributed by atoms with Crippen molar-refractivity contribution in [3.8, 4) is 0 Å². The molecule has 1 N–H and O–H groups in total. The number of fused-ring (bicyclic) bond motifs is 1. The van der Waals surface area contributed by atoms with E-state index < -0.39 is 11.8 Å². The summed E-state index contributed by atoms with van der Waals surface area (Å²) in [7, 11) is 0. The Hall–Kier alpha value is -2.66. The Balaban J connectivity index is 2.10. The van der Waals surface area contributed by atoms with Crippen LogP contribution in [0.2, 0.25) is 0 Å². The lowest BCUT2D eigenvalue weighted by Crippen LogP contribution is -2.06. The van der Waals surface area contributed by atoms with Gasteiger partial charge < -0.3 is 5.11 Å². The second-order valence-corrected chi connectivity index (χ2v) is 7.20. The number of ketones is 1. The topological polar surface area (TPSA) is 54.4 Å². The quantitative estimate of drug-likeness (QED) is 0.494. The van der Waals surface area contributed by atoms with Crippen LogP contribution in [0.4, 0.5) is 4.39 Å². The third-order valence-corrected chi connectivity index (χ3v) is 4.90. The van der Waals surface area contributed by atoms with Crippen LogP contribution in [0.5, 0.6) is 0 Å². The van der Waals surface area contributed by atoms with Crippen molar-refractivity contribution in [1.29, 1.82) is 0 Å². The Kier molecular flexibility index (Phi) is 5.38. The summed E-state index contributed by atoms with van der Waals surface area (Å²) < 4.78 is 13.7. The zero-order chi connectivity index (χ0) is 18.7. The Morgan fingerprint density at radius 3 is 2.42 bits per heavy atom. The van der Waals surface area contributed by atoms with E-state index in [0.717, 1.165) is 10.6 Å². The fourth-order valence-corrected chi connectivity index (χ4v) is 3.54. The first-order valence-corrected chi connectivity index (χ1v) is 9.18. The summed E-state index contributed by atoms with van der Waals surface area (Å²) in [6.07, 6.45) is -0.195. The number of hydrogen-bond donors (Lipinski definition) is 1. The molecule has 3 rings (SSSR count). The van der Waals surface area contributed by atoms with Crippen LogP contribution >= 0.6 is 11.8 Å². The van der Waals surface area contributed by atoms with Crippen LogP contribution in [0.15, 0.2) is 59.5 Å². The molecule has 3 aromatic rings. The molecule has 5 heteroatoms. The highest BCUT2D eigenvalue weighted by molar-refractivity contribution is 7.99. The number of benzene rings is 3. The van der Waals surface area contributed by atoms with Crippen LogP contribution in [-0.2, 0) is 11.2 Å². The molecule has 0 aliphatic rings. The largest absolute Gasteiger partial charge is 0.481 e. The van der Waals surface area contributed by atoms with Gasteiger partial charge in [0, 0.05) is 16.0 Å². The smallest absolute Gasteiger partial charge is 0.307 e. The summed E-state index contributed by atoms with van der Waals surface area (Å²) in [4.78, 5) is 25.1. The van der Waals surface area contributed by atoms with Crippen LogP contribution in [0, 0.1) is 5.82 Å². The Morgan fingerprint density at radius 2 is 1.77 bits per heavy atom. The lowest BCUT2D eigenvalue weighted by atomic mass is 9.94. The van der Waals surface area contributed by atoms with Gasteiger partial charge in [0.1, 0.15) is 5.82 Å². The number of hydrogen-bond acceptors (Lipinski definition) is 3. The molecular formula is C21H17FO3S. The number of aliphatic carboxylic acids is 1. The van der Waals surface area contributed by atoms with Gasteiger partial charge >= 0.3 is 5.97 Å². The Bertz CT molecular complexity index is 980. The van der Waals surface area contributed by atoms with Crippen molar-refractivity contribution in [2.75, 3.05) is 5.75 Å². The molecule has 0 heterocycles. The van der Waals surface area contributed by atoms with Crippen LogP contribution < -0.4 is 0 Å². The fourth-order valence-electron chi connectivity index (χ4n) is 2.88. The van der Waals surface area contributed by atoms with Gasteiger partial charge in [-0.2, -0.15) is 0 Å². The van der Waals surface area contributed by atoms with E-state index in [1.54, 1.807) is 42.1 Å². The van der Waals surface area contributed by atoms with Crippen molar-refractivity contribution < 1.29 is 19.1 Å². The van der Waals surface area contributed by atoms with Crippen molar-refractivity contribution in [3.63, 3.8) is 0 Å². The average Bonchev–Trinajstić information content (AvgIpc) is 2.61. The van der Waals surface area contributed by atoms with Gasteiger partial charge in [-0.3, -0.25) is 9.59 Å². The molecule has 0 fully saturated rings. The fraction of sp³-hybridized carbons (Fsp3) is 0.143. The van der Waals surface area contributed by atoms with E-state index >= 15 is 0 Å². The molecule has 0 aliphatic carbocycles. The lowest BCUT2D eigenvalue weighted by molar-refractivity contribution is -0.136. The number of carbonyl (C=O) groups excluding carboxylic acids is 1. The number of rotatable bonds is 6. The highest BCUT2D eigenvalue weighted by Gasteiger charge is 2.16. The summed E-state index contributed by atoms with van der Waals surface area (Å²) in [6.45, 7) is 2.05. The normalized spacial score (nSPS) is 10.8. The first kappa shape index (κ1) is 18.1. The minimum Gasteiger partial charge on any atom is -0.481 e. The molecule has 26 heavy (non-hydrogen) atoms. The van der Waals surface area contributed by atoms with Crippen molar-refractivity contribution in [2.45, 2.75) is 18.2 Å². The van der Waals surface area contributed by atoms with Crippen molar-refractivity contribution in [3.05, 3.63) is 77.1 Å². The van der Waals surface area contributed by atoms with E-state index in [1.807, 2.05) is 12.1 Å². The molecule has 0 aliphatic heterocycles. The molecule has 0 saturated carbocycles. The summed E-state index contributed by atoms with van der Waals surface area (Å²) in [5.41, 5.74) is 1.32. The minimum absolute atomic E-state index is 0.195. The Morgan fingerprint density at radius 1 is 1.04 bits per heavy atom. The zero-order valence-corrected chi connectivity index (χ0v) is 15.0. The molecule has 3 nitrogen and oxygen atoms in total. The molecule has 3 aromatic carbocycles. The maximum Gasteiger partial charge on any atom is 0.307 e. The molecule has 132 valence electrons. The summed E-state index contributed by atoms with van der Waals surface area (Å²) >= 11 is 1.68. The molecule has 0 radical (unpaired) electrons. The molecule has 0 atom stereocenters. The molecule has 0 saturated heterocycles. The first-order chi connectivity index (χ1) is 12.5. The Labute approximate surface area is 154 Å². The van der Waals surface area contributed by atoms with E-state index in [4.69, 9.17) is 5.11 Å². The highest BCUT2D eigenvalue weighted by atomic mass is 32.2. The minimum atomic E-state index is -0.981. The van der Waals surface area contributed by atoms with Gasteiger partial charge in [0.2, 0.25) is 0 Å². The molecule has 0 spiro atoms. The van der Waals surface area contributed by atoms with Gasteiger partial charge in [0.15, 0.2) is 5.78 Å². The van der Waals surface area contributed by atoms with Crippen molar-refractivity contribution in [1.82, 2.24) is 0 Å². The molecule has 0 bridgehead atoms. The maximum absolute atomic E-state index is 13.7. The molecular weight excluding hydrogens is 351 g/mol. The van der Waals surface area contributed by atoms with Gasteiger partial charge in [0.05, 0.1) is 6.42 Å². The van der Waals surface area contributed by atoms with Gasteiger partial charge in [-0.25, -0.2) is 4.39 Å². The SMILES string of the molecule is CCSc1ccc(C(=O)c2cc(CC(=O)O)cc3ccc(F)cc23)cc1. The first-order valence-electron chi connectivity index (χ1n) is 8.19. The second-order valence-electron chi connectivity index (χ2n) is 5.87. The standard InChI is InChI=1S/C21H17FO3S/c1-2-26-17-7-4-14(5-8-17)21(25)19-10-13(11-20(23)24)9-15-3-6-16(22)12-18(15)19/h3-10,12H,2,11H2,1H3,(H,23,24). The predicted octanol–water partition coefficient (Wildman–Crippen LogP) is 4.95. The number of carbonyl (C=O) groups is 2. The molecule has 0 unspecified atom stereocenters. The maximum atomic E-state index is 13.7. The second kappa shape index (κ2) is 7.70. The lowest BCUT2D eigenvalue weighted by Gasteiger charge is -2.10. The van der Waals surface area contributed by atoms with Gasteiger partial charge in [-0.15, -0.1) is 11.8 Å². The van der Waals surface area contributed by atoms with Gasteiger partial charge in [-0.05, 0) is 64.6 Å². The van der Waals surface area contributed by atoms with Crippen LogP contribution in [0.3, 0.4) is 0 Å². The summed E-state index contributed by atoms with van der Waals surface area (Å²) in [5, 5.41) is 10.2. The van der Waals surface area contributed by atoms with Crippen LogP contribution in [0.25, 0.3) is 10.8 Å². The van der Waals surface area contributed by atoms with E-state index in [1.165, 1.54) is 12.1 Å². The monoisotopic (exact) mass is 368 g/mol. The third-order valence-electron chi connectivity index (χ3n) is 4.00. The zero-order valence-electron chi connectivity index (χ0n) is 14.2. The van der Waals surface area contributed by atoms with E-state index in [-0.39, 0.29) is 12.2 Å². The van der Waals surface area contributed by atoms with E-state index in [2.05, 4.69) is 6.92 Å². The summed E-state index contributed by atoms with van der Waals surface area (Å²) in [5.74, 6) is -0.729. The van der Waals surface area contributed by atoms with Crippen molar-refractivity contribution in [2.24, 2.45) is 0 Å². The highest BCUT2D eigenvalue weighted by Crippen LogP contribution is 2.26. The van der Waals surface area contributed by atoms with Crippen molar-refractivity contribution >= 4 is 34.3 Å². The number of thioether (sulfide) groups is 1. The average molecular weight is 368 g/mol. The number of carboxylic acid groups (broad SMARTS) is 1. The van der Waals surface area contributed by atoms with Gasteiger partial charge in [-0.1, -0.05) is 19.1 Å². The van der Waals surface area contributed by atoms with Crippen LogP contribution in [0.1, 0.15) is 28.4 Å². The number of carboxylic acids is 1. The molecule has 0 aromatic heterocycles. The predicted molar refractivity (Wildman–Crippen MR) is 102 cm³/mol. The van der Waals surface area contributed by atoms with Gasteiger partial charge in [0.25, 0.3) is 0 Å². The third kappa shape index (κ3) is 3.94. The summed E-state index contributed by atoms with van der Waals surface area (Å²) in [6, 6.07) is 14.7. The number of halogens is 1. The van der Waals surface area contributed by atoms with E-state index in [0.29, 0.717) is 27.5 Å². The van der Waals surface area contributed by atoms with Crippen LogP contribution in [-0.4, -0.2) is 22.6 Å².